The highest BCUT2D eigenvalue weighted by molar-refractivity contribution is 7.80. The number of nitrogens with zero attached hydrogens (tertiary/aromatic N) is 3. The Balaban J connectivity index is 2.07. The molecule has 0 unspecified atom stereocenters. The lowest BCUT2D eigenvalue weighted by molar-refractivity contribution is 0.314. The molecule has 2 heterocycles. The fourth-order valence-corrected chi connectivity index (χ4v) is 2.09. The normalized spacial score (nSPS) is 10.6. The molecule has 0 aromatic carbocycles. The molecule has 2 aromatic heterocycles. The van der Waals surface area contributed by atoms with Crippen molar-refractivity contribution in [1.29, 1.82) is 0 Å². The Morgan fingerprint density at radius 1 is 1.16 bits per heavy atom. The molecule has 0 amide bonds. The summed E-state index contributed by atoms with van der Waals surface area (Å²) in [6.07, 6.45) is 3.50. The zero-order chi connectivity index (χ0) is 13.7. The van der Waals surface area contributed by atoms with Crippen LogP contribution in [0.4, 0.5) is 0 Å². The van der Waals surface area contributed by atoms with Crippen LogP contribution in [0.1, 0.15) is 17.0 Å². The molecule has 0 bridgehead atoms. The van der Waals surface area contributed by atoms with Crippen LogP contribution in [-0.2, 0) is 13.1 Å². The minimum atomic E-state index is 0.335. The van der Waals surface area contributed by atoms with Crippen molar-refractivity contribution in [2.75, 3.05) is 7.05 Å². The summed E-state index contributed by atoms with van der Waals surface area (Å²) in [7, 11) is 2.03. The first-order chi connectivity index (χ1) is 9.16. The van der Waals surface area contributed by atoms with Crippen LogP contribution in [0, 0.1) is 0 Å². The minimum absolute atomic E-state index is 0.335. The summed E-state index contributed by atoms with van der Waals surface area (Å²) in [6.45, 7) is 1.50. The van der Waals surface area contributed by atoms with E-state index in [1.165, 1.54) is 0 Å². The Morgan fingerprint density at radius 3 is 2.63 bits per heavy atom. The van der Waals surface area contributed by atoms with Gasteiger partial charge >= 0.3 is 0 Å². The molecule has 5 heteroatoms. The lowest BCUT2D eigenvalue weighted by Crippen LogP contribution is -2.22. The second-order valence-corrected chi connectivity index (χ2v) is 4.81. The molecule has 2 N–H and O–H groups in total. The highest BCUT2D eigenvalue weighted by Gasteiger charge is 2.09. The Labute approximate surface area is 118 Å². The van der Waals surface area contributed by atoms with Gasteiger partial charge in [-0.3, -0.25) is 14.9 Å². The molecule has 2 rings (SSSR count). The number of hydrogen-bond acceptors (Lipinski definition) is 4. The third-order valence-electron chi connectivity index (χ3n) is 2.72. The molecule has 98 valence electrons. The number of rotatable bonds is 5. The highest BCUT2D eigenvalue weighted by Crippen LogP contribution is 2.10. The number of thiocarbonyl (C=S) groups is 1. The molecular weight excluding hydrogens is 256 g/mol. The molecule has 0 saturated carbocycles. The van der Waals surface area contributed by atoms with Crippen LogP contribution in [0.15, 0.2) is 42.7 Å². The second kappa shape index (κ2) is 6.36. The van der Waals surface area contributed by atoms with E-state index in [-0.39, 0.29) is 0 Å². The van der Waals surface area contributed by atoms with Gasteiger partial charge < -0.3 is 5.73 Å². The molecule has 0 atom stereocenters. The SMILES string of the molecule is CN(Cc1ccccn1)Cc1cccnc1C(N)=S. The van der Waals surface area contributed by atoms with E-state index in [1.807, 2.05) is 37.4 Å². The molecule has 0 radical (unpaired) electrons. The van der Waals surface area contributed by atoms with Crippen molar-refractivity contribution in [1.82, 2.24) is 14.9 Å². The molecule has 0 aliphatic rings. The molecule has 0 fully saturated rings. The van der Waals surface area contributed by atoms with Crippen LogP contribution in [0.3, 0.4) is 0 Å². The van der Waals surface area contributed by atoms with Crippen LogP contribution < -0.4 is 5.73 Å². The van der Waals surface area contributed by atoms with Crippen LogP contribution in [-0.4, -0.2) is 26.9 Å². The topological polar surface area (TPSA) is 55.0 Å². The van der Waals surface area contributed by atoms with Gasteiger partial charge in [-0.25, -0.2) is 0 Å². The van der Waals surface area contributed by atoms with Crippen LogP contribution in [0.2, 0.25) is 0 Å². The summed E-state index contributed by atoms with van der Waals surface area (Å²) in [4.78, 5) is 11.0. The molecular formula is C14H16N4S. The van der Waals surface area contributed by atoms with Gasteiger partial charge in [0, 0.05) is 25.5 Å². The first-order valence-corrected chi connectivity index (χ1v) is 6.40. The summed E-state index contributed by atoms with van der Waals surface area (Å²) in [5, 5.41) is 0. The maximum Gasteiger partial charge on any atom is 0.123 e. The average molecular weight is 272 g/mol. The van der Waals surface area contributed by atoms with Crippen molar-refractivity contribution in [2.45, 2.75) is 13.1 Å². The Hall–Kier alpha value is -1.85. The zero-order valence-electron chi connectivity index (χ0n) is 10.8. The van der Waals surface area contributed by atoms with E-state index < -0.39 is 0 Å². The van der Waals surface area contributed by atoms with Gasteiger partial charge in [0.1, 0.15) is 10.7 Å². The van der Waals surface area contributed by atoms with E-state index in [2.05, 4.69) is 14.9 Å². The maximum absolute atomic E-state index is 5.68. The smallest absolute Gasteiger partial charge is 0.123 e. The van der Waals surface area contributed by atoms with Crippen LogP contribution in [0.25, 0.3) is 0 Å². The van der Waals surface area contributed by atoms with E-state index in [9.17, 15) is 0 Å². The van der Waals surface area contributed by atoms with Crippen molar-refractivity contribution < 1.29 is 0 Å². The summed E-state index contributed by atoms with van der Waals surface area (Å²) in [5.74, 6) is 0. The molecule has 0 aliphatic carbocycles. The van der Waals surface area contributed by atoms with Crippen molar-refractivity contribution in [3.8, 4) is 0 Å². The van der Waals surface area contributed by atoms with Gasteiger partial charge in [-0.15, -0.1) is 0 Å². The molecule has 0 saturated heterocycles. The third kappa shape index (κ3) is 3.81. The number of nitrogens with two attached hydrogens (primary N) is 1. The largest absolute Gasteiger partial charge is 0.388 e. The lowest BCUT2D eigenvalue weighted by Gasteiger charge is -2.17. The van der Waals surface area contributed by atoms with Crippen molar-refractivity contribution in [3.63, 3.8) is 0 Å². The van der Waals surface area contributed by atoms with Gasteiger partial charge in [-0.05, 0) is 30.8 Å². The standard InChI is InChI=1S/C14H16N4S/c1-18(10-12-6-2-3-7-16-12)9-11-5-4-8-17-13(11)14(15)19/h2-8H,9-10H2,1H3,(H2,15,19). The summed E-state index contributed by atoms with van der Waals surface area (Å²) >= 11 is 5.02. The Kier molecular flexibility index (Phi) is 4.54. The first-order valence-electron chi connectivity index (χ1n) is 5.99. The van der Waals surface area contributed by atoms with Crippen molar-refractivity contribution >= 4 is 17.2 Å². The second-order valence-electron chi connectivity index (χ2n) is 4.37. The van der Waals surface area contributed by atoms with E-state index >= 15 is 0 Å². The fraction of sp³-hybridized carbons (Fsp3) is 0.214. The van der Waals surface area contributed by atoms with E-state index in [0.29, 0.717) is 10.7 Å². The van der Waals surface area contributed by atoms with E-state index in [4.69, 9.17) is 18.0 Å². The average Bonchev–Trinajstić information content (AvgIpc) is 2.40. The molecule has 19 heavy (non-hydrogen) atoms. The van der Waals surface area contributed by atoms with Gasteiger partial charge in [-0.1, -0.05) is 24.4 Å². The minimum Gasteiger partial charge on any atom is -0.388 e. The maximum atomic E-state index is 5.68. The van der Waals surface area contributed by atoms with Gasteiger partial charge in [0.25, 0.3) is 0 Å². The zero-order valence-corrected chi connectivity index (χ0v) is 11.6. The predicted molar refractivity (Wildman–Crippen MR) is 79.5 cm³/mol. The molecule has 0 spiro atoms. The van der Waals surface area contributed by atoms with Gasteiger partial charge in [0.15, 0.2) is 0 Å². The number of pyridine rings is 2. The van der Waals surface area contributed by atoms with E-state index in [1.54, 1.807) is 12.4 Å². The predicted octanol–water partition coefficient (Wildman–Crippen LogP) is 1.74. The molecule has 0 aliphatic heterocycles. The van der Waals surface area contributed by atoms with Crippen LogP contribution in [0.5, 0.6) is 0 Å². The first kappa shape index (κ1) is 13.6. The Morgan fingerprint density at radius 2 is 1.95 bits per heavy atom. The highest BCUT2D eigenvalue weighted by atomic mass is 32.1. The number of aromatic nitrogens is 2. The number of hydrogen-bond donors (Lipinski definition) is 1. The summed E-state index contributed by atoms with van der Waals surface area (Å²) < 4.78 is 0. The molecule has 2 aromatic rings. The summed E-state index contributed by atoms with van der Waals surface area (Å²) in [6, 6.07) is 9.80. The third-order valence-corrected chi connectivity index (χ3v) is 2.92. The van der Waals surface area contributed by atoms with Crippen molar-refractivity contribution in [3.05, 3.63) is 59.7 Å². The Bertz CT molecular complexity index is 556. The van der Waals surface area contributed by atoms with Gasteiger partial charge in [0.2, 0.25) is 0 Å². The molecule has 4 nitrogen and oxygen atoms in total. The van der Waals surface area contributed by atoms with Crippen LogP contribution >= 0.6 is 12.2 Å². The van der Waals surface area contributed by atoms with Crippen molar-refractivity contribution in [2.24, 2.45) is 5.73 Å². The quantitative estimate of drug-likeness (QED) is 0.840. The van der Waals surface area contributed by atoms with Gasteiger partial charge in [-0.2, -0.15) is 0 Å². The van der Waals surface area contributed by atoms with E-state index in [0.717, 1.165) is 24.3 Å². The van der Waals surface area contributed by atoms with Gasteiger partial charge in [0.05, 0.1) is 5.69 Å². The monoisotopic (exact) mass is 272 g/mol. The fourth-order valence-electron chi connectivity index (χ4n) is 1.90. The lowest BCUT2D eigenvalue weighted by atomic mass is 10.2. The summed E-state index contributed by atoms with van der Waals surface area (Å²) in [5.41, 5.74) is 8.45.